The van der Waals surface area contributed by atoms with Crippen LogP contribution in [0.4, 0.5) is 0 Å². The summed E-state index contributed by atoms with van der Waals surface area (Å²) in [5.74, 6) is 0.204. The lowest BCUT2D eigenvalue weighted by Crippen LogP contribution is -2.52. The van der Waals surface area contributed by atoms with Crippen molar-refractivity contribution in [3.63, 3.8) is 0 Å². The van der Waals surface area contributed by atoms with Crippen molar-refractivity contribution in [2.24, 2.45) is 0 Å². The van der Waals surface area contributed by atoms with Gasteiger partial charge in [-0.1, -0.05) is 6.07 Å². The molecule has 1 aromatic rings. The molecule has 3 aliphatic heterocycles. The highest BCUT2D eigenvalue weighted by molar-refractivity contribution is 5.81. The maximum atomic E-state index is 12.6. The standard InChI is InChI=1S/C21H31N3O3/c25-21(20-4-2-12-27-20)23-10-5-18(6-11-23)24(19-7-13-26-14-8-19)16-17-3-1-9-22-15-17/h1,3,9,15,18-20H,2,4-8,10-14,16H2. The second-order valence-corrected chi connectivity index (χ2v) is 7.94. The lowest BCUT2D eigenvalue weighted by molar-refractivity contribution is -0.142. The van der Waals surface area contributed by atoms with Gasteiger partial charge in [-0.05, 0) is 50.2 Å². The van der Waals surface area contributed by atoms with Gasteiger partial charge in [-0.15, -0.1) is 0 Å². The Kier molecular flexibility index (Phi) is 6.37. The molecule has 6 nitrogen and oxygen atoms in total. The van der Waals surface area contributed by atoms with Gasteiger partial charge in [-0.25, -0.2) is 0 Å². The number of ether oxygens (including phenoxy) is 2. The van der Waals surface area contributed by atoms with Gasteiger partial charge in [0, 0.05) is 63.9 Å². The van der Waals surface area contributed by atoms with Crippen molar-refractivity contribution in [3.05, 3.63) is 30.1 Å². The summed E-state index contributed by atoms with van der Waals surface area (Å²) in [4.78, 5) is 21.6. The Morgan fingerprint density at radius 1 is 1.11 bits per heavy atom. The van der Waals surface area contributed by atoms with Crippen molar-refractivity contribution in [2.75, 3.05) is 32.9 Å². The van der Waals surface area contributed by atoms with Gasteiger partial charge in [0.15, 0.2) is 0 Å². The van der Waals surface area contributed by atoms with Gasteiger partial charge in [0.25, 0.3) is 5.91 Å². The largest absolute Gasteiger partial charge is 0.381 e. The summed E-state index contributed by atoms with van der Waals surface area (Å²) in [5, 5.41) is 0. The number of nitrogens with zero attached hydrogens (tertiary/aromatic N) is 3. The zero-order valence-corrected chi connectivity index (χ0v) is 16.1. The molecule has 0 bridgehead atoms. The van der Waals surface area contributed by atoms with E-state index in [0.29, 0.717) is 12.1 Å². The molecule has 0 N–H and O–H groups in total. The second kappa shape index (κ2) is 9.13. The fourth-order valence-corrected chi connectivity index (χ4v) is 4.67. The maximum Gasteiger partial charge on any atom is 0.251 e. The molecule has 3 saturated heterocycles. The zero-order valence-electron chi connectivity index (χ0n) is 16.1. The first-order valence-corrected chi connectivity index (χ1v) is 10.4. The molecule has 1 amide bonds. The van der Waals surface area contributed by atoms with Crippen LogP contribution in [0.5, 0.6) is 0 Å². The summed E-state index contributed by atoms with van der Waals surface area (Å²) >= 11 is 0. The van der Waals surface area contributed by atoms with Gasteiger partial charge >= 0.3 is 0 Å². The van der Waals surface area contributed by atoms with E-state index < -0.39 is 0 Å². The van der Waals surface area contributed by atoms with E-state index in [1.807, 2.05) is 23.4 Å². The molecular formula is C21H31N3O3. The molecule has 27 heavy (non-hydrogen) atoms. The Morgan fingerprint density at radius 2 is 1.89 bits per heavy atom. The topological polar surface area (TPSA) is 54.9 Å². The quantitative estimate of drug-likeness (QED) is 0.792. The van der Waals surface area contributed by atoms with Gasteiger partial charge in [-0.2, -0.15) is 0 Å². The lowest BCUT2D eigenvalue weighted by atomic mass is 9.96. The van der Waals surface area contributed by atoms with Crippen LogP contribution in [0.15, 0.2) is 24.5 Å². The van der Waals surface area contributed by atoms with Gasteiger partial charge in [-0.3, -0.25) is 14.7 Å². The van der Waals surface area contributed by atoms with Crippen LogP contribution in [-0.2, 0) is 20.8 Å². The number of pyridine rings is 1. The third-order valence-electron chi connectivity index (χ3n) is 6.20. The number of aromatic nitrogens is 1. The summed E-state index contributed by atoms with van der Waals surface area (Å²) in [6.07, 6.45) is 9.77. The van der Waals surface area contributed by atoms with Crippen LogP contribution in [0.2, 0.25) is 0 Å². The monoisotopic (exact) mass is 373 g/mol. The molecule has 1 unspecified atom stereocenters. The number of piperidine rings is 1. The molecule has 0 aliphatic carbocycles. The predicted octanol–water partition coefficient (Wildman–Crippen LogP) is 2.23. The first-order valence-electron chi connectivity index (χ1n) is 10.4. The van der Waals surface area contributed by atoms with E-state index in [1.54, 1.807) is 0 Å². The van der Waals surface area contributed by atoms with Crippen LogP contribution in [0, 0.1) is 0 Å². The van der Waals surface area contributed by atoms with Gasteiger partial charge in [0.2, 0.25) is 0 Å². The average Bonchev–Trinajstić information content (AvgIpc) is 3.28. The molecular weight excluding hydrogens is 342 g/mol. The lowest BCUT2D eigenvalue weighted by Gasteiger charge is -2.44. The van der Waals surface area contributed by atoms with Gasteiger partial charge < -0.3 is 14.4 Å². The van der Waals surface area contributed by atoms with Crippen LogP contribution < -0.4 is 0 Å². The molecule has 148 valence electrons. The third kappa shape index (κ3) is 4.68. The van der Waals surface area contributed by atoms with Gasteiger partial charge in [0.1, 0.15) is 6.10 Å². The maximum absolute atomic E-state index is 12.6. The van der Waals surface area contributed by atoms with E-state index in [2.05, 4.69) is 16.0 Å². The van der Waals surface area contributed by atoms with Crippen molar-refractivity contribution in [3.8, 4) is 0 Å². The number of rotatable bonds is 5. The molecule has 1 atom stereocenters. The summed E-state index contributed by atoms with van der Waals surface area (Å²) in [6.45, 7) is 5.06. The number of carbonyl (C=O) groups is 1. The highest BCUT2D eigenvalue weighted by Crippen LogP contribution is 2.27. The van der Waals surface area contributed by atoms with Crippen molar-refractivity contribution in [1.82, 2.24) is 14.8 Å². The van der Waals surface area contributed by atoms with E-state index in [0.717, 1.165) is 78.0 Å². The zero-order chi connectivity index (χ0) is 18.5. The molecule has 3 aliphatic rings. The van der Waals surface area contributed by atoms with E-state index in [-0.39, 0.29) is 12.0 Å². The molecule has 3 fully saturated rings. The van der Waals surface area contributed by atoms with Crippen molar-refractivity contribution < 1.29 is 14.3 Å². The second-order valence-electron chi connectivity index (χ2n) is 7.94. The summed E-state index contributed by atoms with van der Waals surface area (Å²) in [6, 6.07) is 5.25. The number of amides is 1. The Labute approximate surface area is 161 Å². The predicted molar refractivity (Wildman–Crippen MR) is 102 cm³/mol. The highest BCUT2D eigenvalue weighted by Gasteiger charge is 2.34. The first-order chi connectivity index (χ1) is 13.3. The molecule has 1 aromatic heterocycles. The Balaban J connectivity index is 1.39. The van der Waals surface area contributed by atoms with Crippen LogP contribution in [0.25, 0.3) is 0 Å². The van der Waals surface area contributed by atoms with E-state index in [9.17, 15) is 4.79 Å². The smallest absolute Gasteiger partial charge is 0.251 e. The van der Waals surface area contributed by atoms with Crippen molar-refractivity contribution >= 4 is 5.91 Å². The number of hydrogen-bond acceptors (Lipinski definition) is 5. The summed E-state index contributed by atoms with van der Waals surface area (Å²) in [7, 11) is 0. The van der Waals surface area contributed by atoms with Crippen molar-refractivity contribution in [1.29, 1.82) is 0 Å². The number of hydrogen-bond donors (Lipinski definition) is 0. The average molecular weight is 373 g/mol. The minimum atomic E-state index is -0.191. The minimum Gasteiger partial charge on any atom is -0.381 e. The molecule has 0 saturated carbocycles. The summed E-state index contributed by atoms with van der Waals surface area (Å²) in [5.41, 5.74) is 1.27. The van der Waals surface area contributed by atoms with Crippen LogP contribution in [-0.4, -0.2) is 71.8 Å². The van der Waals surface area contributed by atoms with Crippen LogP contribution >= 0.6 is 0 Å². The fraction of sp³-hybridized carbons (Fsp3) is 0.714. The third-order valence-corrected chi connectivity index (χ3v) is 6.20. The SMILES string of the molecule is O=C(C1CCCO1)N1CCC(N(Cc2cccnc2)C2CCOCC2)CC1. The molecule has 0 radical (unpaired) electrons. The van der Waals surface area contributed by atoms with E-state index >= 15 is 0 Å². The fourth-order valence-electron chi connectivity index (χ4n) is 4.67. The highest BCUT2D eigenvalue weighted by atomic mass is 16.5. The molecule has 6 heteroatoms. The molecule has 0 aromatic carbocycles. The van der Waals surface area contributed by atoms with Crippen LogP contribution in [0.3, 0.4) is 0 Å². The molecule has 4 rings (SSSR count). The first kappa shape index (κ1) is 18.8. The normalized spacial score (nSPS) is 25.2. The van der Waals surface area contributed by atoms with E-state index in [1.165, 1.54) is 5.56 Å². The minimum absolute atomic E-state index is 0.191. The summed E-state index contributed by atoms with van der Waals surface area (Å²) < 4.78 is 11.2. The Morgan fingerprint density at radius 3 is 2.56 bits per heavy atom. The van der Waals surface area contributed by atoms with Gasteiger partial charge in [0.05, 0.1) is 0 Å². The molecule has 0 spiro atoms. The Bertz CT molecular complexity index is 592. The number of likely N-dealkylation sites (tertiary alicyclic amines) is 1. The molecule has 4 heterocycles. The van der Waals surface area contributed by atoms with E-state index in [4.69, 9.17) is 9.47 Å². The van der Waals surface area contributed by atoms with Crippen LogP contribution in [0.1, 0.15) is 44.1 Å². The Hall–Kier alpha value is -1.50. The van der Waals surface area contributed by atoms with Crippen molar-refractivity contribution in [2.45, 2.75) is 63.3 Å². The number of carbonyl (C=O) groups excluding carboxylic acids is 1.